The molecular weight excluding hydrogens is 254 g/mol. The van der Waals surface area contributed by atoms with E-state index >= 15 is 0 Å². The molecule has 1 saturated heterocycles. The van der Waals surface area contributed by atoms with Gasteiger partial charge in [-0.1, -0.05) is 30.3 Å². The van der Waals surface area contributed by atoms with Crippen LogP contribution in [0.2, 0.25) is 0 Å². The van der Waals surface area contributed by atoms with Gasteiger partial charge in [0.15, 0.2) is 0 Å². The van der Waals surface area contributed by atoms with E-state index in [0.29, 0.717) is 13.2 Å². The number of piperidine rings is 1. The lowest BCUT2D eigenvalue weighted by Gasteiger charge is -2.32. The van der Waals surface area contributed by atoms with Gasteiger partial charge in [0.05, 0.1) is 12.7 Å². The zero-order chi connectivity index (χ0) is 14.2. The van der Waals surface area contributed by atoms with E-state index in [-0.39, 0.29) is 18.6 Å². The van der Waals surface area contributed by atoms with Gasteiger partial charge < -0.3 is 14.4 Å². The molecule has 0 bridgehead atoms. The fourth-order valence-electron chi connectivity index (χ4n) is 2.34. The summed E-state index contributed by atoms with van der Waals surface area (Å²) in [5, 5.41) is 0. The molecule has 0 saturated carbocycles. The van der Waals surface area contributed by atoms with Crippen LogP contribution in [0.25, 0.3) is 0 Å². The minimum Gasteiger partial charge on any atom is -0.373 e. The SMILES string of the molecule is CCOCC(=O)N1CCC(OCc2ccccc2)CC1. The predicted octanol–water partition coefficient (Wildman–Crippen LogP) is 2.23. The quantitative estimate of drug-likeness (QED) is 0.800. The van der Waals surface area contributed by atoms with Crippen LogP contribution >= 0.6 is 0 Å². The number of hydrogen-bond acceptors (Lipinski definition) is 3. The van der Waals surface area contributed by atoms with Gasteiger partial charge in [-0.15, -0.1) is 0 Å². The normalized spacial score (nSPS) is 16.4. The van der Waals surface area contributed by atoms with E-state index in [1.807, 2.05) is 30.0 Å². The van der Waals surface area contributed by atoms with Crippen molar-refractivity contribution in [3.8, 4) is 0 Å². The van der Waals surface area contributed by atoms with E-state index in [1.165, 1.54) is 5.56 Å². The van der Waals surface area contributed by atoms with Crippen molar-refractivity contribution in [1.29, 1.82) is 0 Å². The predicted molar refractivity (Wildman–Crippen MR) is 77.3 cm³/mol. The molecule has 1 heterocycles. The first-order chi connectivity index (χ1) is 9.79. The first kappa shape index (κ1) is 15.0. The molecule has 110 valence electrons. The summed E-state index contributed by atoms with van der Waals surface area (Å²) in [6.45, 7) is 4.88. The van der Waals surface area contributed by atoms with Gasteiger partial charge in [-0.25, -0.2) is 0 Å². The van der Waals surface area contributed by atoms with Crippen LogP contribution in [0, 0.1) is 0 Å². The van der Waals surface area contributed by atoms with E-state index in [1.54, 1.807) is 0 Å². The lowest BCUT2D eigenvalue weighted by atomic mass is 10.1. The van der Waals surface area contributed by atoms with Crippen LogP contribution in [0.5, 0.6) is 0 Å². The average Bonchev–Trinajstić information content (AvgIpc) is 2.52. The lowest BCUT2D eigenvalue weighted by Crippen LogP contribution is -2.42. The summed E-state index contributed by atoms with van der Waals surface area (Å²) in [5.74, 6) is 0.0911. The molecule has 0 aromatic heterocycles. The fourth-order valence-corrected chi connectivity index (χ4v) is 2.34. The molecule has 0 spiro atoms. The second-order valence-corrected chi connectivity index (χ2v) is 5.01. The maximum Gasteiger partial charge on any atom is 0.248 e. The zero-order valence-corrected chi connectivity index (χ0v) is 12.1. The fraction of sp³-hybridized carbons (Fsp3) is 0.562. The highest BCUT2D eigenvalue weighted by atomic mass is 16.5. The van der Waals surface area contributed by atoms with Gasteiger partial charge >= 0.3 is 0 Å². The molecule has 0 unspecified atom stereocenters. The van der Waals surface area contributed by atoms with Crippen molar-refractivity contribution in [2.75, 3.05) is 26.3 Å². The highest BCUT2D eigenvalue weighted by Crippen LogP contribution is 2.15. The molecule has 4 heteroatoms. The minimum absolute atomic E-state index is 0.0911. The molecule has 1 aliphatic heterocycles. The molecule has 2 rings (SSSR count). The summed E-state index contributed by atoms with van der Waals surface area (Å²) < 4.78 is 11.1. The van der Waals surface area contributed by atoms with Gasteiger partial charge in [0.1, 0.15) is 6.61 Å². The van der Waals surface area contributed by atoms with E-state index in [2.05, 4.69) is 12.1 Å². The van der Waals surface area contributed by atoms with Crippen LogP contribution in [0.4, 0.5) is 0 Å². The van der Waals surface area contributed by atoms with Crippen molar-refractivity contribution in [2.24, 2.45) is 0 Å². The highest BCUT2D eigenvalue weighted by Gasteiger charge is 2.22. The third kappa shape index (κ3) is 4.62. The van der Waals surface area contributed by atoms with E-state index in [4.69, 9.17) is 9.47 Å². The molecule has 0 N–H and O–H groups in total. The first-order valence-corrected chi connectivity index (χ1v) is 7.30. The third-order valence-corrected chi connectivity index (χ3v) is 3.55. The van der Waals surface area contributed by atoms with Crippen molar-refractivity contribution in [3.63, 3.8) is 0 Å². The largest absolute Gasteiger partial charge is 0.373 e. The molecule has 1 amide bonds. The number of nitrogens with zero attached hydrogens (tertiary/aromatic N) is 1. The molecule has 0 aliphatic carbocycles. The number of carbonyl (C=O) groups excluding carboxylic acids is 1. The molecular formula is C16H23NO3. The van der Waals surface area contributed by atoms with Crippen molar-refractivity contribution in [2.45, 2.75) is 32.5 Å². The van der Waals surface area contributed by atoms with Crippen LogP contribution in [-0.4, -0.2) is 43.2 Å². The van der Waals surface area contributed by atoms with Crippen LogP contribution in [0.1, 0.15) is 25.3 Å². The Kier molecular flexibility index (Phi) is 6.02. The molecule has 4 nitrogen and oxygen atoms in total. The summed E-state index contributed by atoms with van der Waals surface area (Å²) in [4.78, 5) is 13.7. The molecule has 1 aromatic carbocycles. The topological polar surface area (TPSA) is 38.8 Å². The van der Waals surface area contributed by atoms with E-state index in [0.717, 1.165) is 25.9 Å². The van der Waals surface area contributed by atoms with Gasteiger partial charge in [0, 0.05) is 19.7 Å². The lowest BCUT2D eigenvalue weighted by molar-refractivity contribution is -0.138. The van der Waals surface area contributed by atoms with Gasteiger partial charge in [-0.2, -0.15) is 0 Å². The molecule has 1 fully saturated rings. The van der Waals surface area contributed by atoms with Crippen molar-refractivity contribution in [1.82, 2.24) is 4.90 Å². The van der Waals surface area contributed by atoms with Crippen molar-refractivity contribution in [3.05, 3.63) is 35.9 Å². The molecule has 0 atom stereocenters. The molecule has 1 aliphatic rings. The Morgan fingerprint density at radius 1 is 1.25 bits per heavy atom. The second-order valence-electron chi connectivity index (χ2n) is 5.01. The number of carbonyl (C=O) groups is 1. The summed E-state index contributed by atoms with van der Waals surface area (Å²) in [5.41, 5.74) is 1.20. The van der Waals surface area contributed by atoms with Crippen molar-refractivity contribution < 1.29 is 14.3 Å². The number of ether oxygens (including phenoxy) is 2. The number of benzene rings is 1. The van der Waals surface area contributed by atoms with E-state index < -0.39 is 0 Å². The van der Waals surface area contributed by atoms with Crippen LogP contribution in [-0.2, 0) is 20.9 Å². The Hall–Kier alpha value is -1.39. The summed E-state index contributed by atoms with van der Waals surface area (Å²) in [7, 11) is 0. The van der Waals surface area contributed by atoms with Gasteiger partial charge in [0.2, 0.25) is 5.91 Å². The molecule has 0 radical (unpaired) electrons. The third-order valence-electron chi connectivity index (χ3n) is 3.55. The Morgan fingerprint density at radius 2 is 1.95 bits per heavy atom. The number of amides is 1. The molecule has 20 heavy (non-hydrogen) atoms. The van der Waals surface area contributed by atoms with Crippen LogP contribution in [0.15, 0.2) is 30.3 Å². The van der Waals surface area contributed by atoms with Gasteiger partial charge in [0.25, 0.3) is 0 Å². The Morgan fingerprint density at radius 3 is 2.60 bits per heavy atom. The van der Waals surface area contributed by atoms with Gasteiger partial charge in [-0.3, -0.25) is 4.79 Å². The Balaban J connectivity index is 1.68. The summed E-state index contributed by atoms with van der Waals surface area (Å²) >= 11 is 0. The molecule has 1 aromatic rings. The smallest absolute Gasteiger partial charge is 0.248 e. The second kappa shape index (κ2) is 8.02. The maximum atomic E-state index is 11.8. The summed E-state index contributed by atoms with van der Waals surface area (Å²) in [6, 6.07) is 10.2. The number of rotatable bonds is 6. The average molecular weight is 277 g/mol. The summed E-state index contributed by atoms with van der Waals surface area (Å²) in [6.07, 6.45) is 2.07. The van der Waals surface area contributed by atoms with Gasteiger partial charge in [-0.05, 0) is 25.3 Å². The minimum atomic E-state index is 0.0911. The number of likely N-dealkylation sites (tertiary alicyclic amines) is 1. The Labute approximate surface area is 120 Å². The standard InChI is InChI=1S/C16H23NO3/c1-2-19-13-16(18)17-10-8-15(9-11-17)20-12-14-6-4-3-5-7-14/h3-7,15H,2,8-13H2,1H3. The van der Waals surface area contributed by atoms with E-state index in [9.17, 15) is 4.79 Å². The highest BCUT2D eigenvalue weighted by molar-refractivity contribution is 5.77. The maximum absolute atomic E-state index is 11.8. The van der Waals surface area contributed by atoms with Crippen LogP contribution < -0.4 is 0 Å². The Bertz CT molecular complexity index is 399. The zero-order valence-electron chi connectivity index (χ0n) is 12.1. The monoisotopic (exact) mass is 277 g/mol. The van der Waals surface area contributed by atoms with Crippen LogP contribution in [0.3, 0.4) is 0 Å². The van der Waals surface area contributed by atoms with Crippen molar-refractivity contribution >= 4 is 5.91 Å². The number of hydrogen-bond donors (Lipinski definition) is 0. The first-order valence-electron chi connectivity index (χ1n) is 7.30.